The highest BCUT2D eigenvalue weighted by atomic mass is 32.2. The lowest BCUT2D eigenvalue weighted by atomic mass is 10.1. The van der Waals surface area contributed by atoms with Crippen molar-refractivity contribution < 1.29 is 13.2 Å². The van der Waals surface area contributed by atoms with Crippen LogP contribution in [0.2, 0.25) is 0 Å². The molecule has 0 amide bonds. The first-order valence-electron chi connectivity index (χ1n) is 6.59. The summed E-state index contributed by atoms with van der Waals surface area (Å²) in [7, 11) is -3.50. The van der Waals surface area contributed by atoms with Gasteiger partial charge in [0.2, 0.25) is 0 Å². The quantitative estimate of drug-likeness (QED) is 0.618. The largest absolute Gasteiger partial charge is 0.396 e. The molecule has 3 N–H and O–H groups in total. The summed E-state index contributed by atoms with van der Waals surface area (Å²) < 4.78 is 23.9. The summed E-state index contributed by atoms with van der Waals surface area (Å²) in [6, 6.07) is 0. The number of thiophene rings is 1. The van der Waals surface area contributed by atoms with E-state index < -0.39 is 9.84 Å². The van der Waals surface area contributed by atoms with E-state index in [2.05, 4.69) is 5.32 Å². The van der Waals surface area contributed by atoms with Crippen molar-refractivity contribution in [3.8, 4) is 0 Å². The van der Waals surface area contributed by atoms with Gasteiger partial charge in [0.15, 0.2) is 15.6 Å². The van der Waals surface area contributed by atoms with Gasteiger partial charge in [0.1, 0.15) is 9.90 Å². The van der Waals surface area contributed by atoms with Crippen LogP contribution in [0, 0.1) is 5.92 Å². The molecule has 0 aliphatic heterocycles. The topological polar surface area (TPSA) is 89.3 Å². The summed E-state index contributed by atoms with van der Waals surface area (Å²) in [5.74, 6) is -0.373. The second-order valence-corrected chi connectivity index (χ2v) is 8.43. The van der Waals surface area contributed by atoms with Crippen molar-refractivity contribution in [2.45, 2.75) is 32.6 Å². The molecule has 0 saturated heterocycles. The van der Waals surface area contributed by atoms with Gasteiger partial charge >= 0.3 is 0 Å². The van der Waals surface area contributed by atoms with Crippen LogP contribution in [0.5, 0.6) is 0 Å². The molecule has 0 aliphatic carbocycles. The highest BCUT2D eigenvalue weighted by molar-refractivity contribution is 7.91. The summed E-state index contributed by atoms with van der Waals surface area (Å²) in [6.07, 6.45) is 3.03. The maximum Gasteiger partial charge on any atom is 0.180 e. The Balaban J connectivity index is 3.32. The van der Waals surface area contributed by atoms with Gasteiger partial charge in [-0.1, -0.05) is 25.5 Å². The molecule has 1 heterocycles. The number of ketones is 1. The van der Waals surface area contributed by atoms with E-state index in [0.717, 1.165) is 23.2 Å². The van der Waals surface area contributed by atoms with Gasteiger partial charge in [0, 0.05) is 18.7 Å². The molecule has 0 spiro atoms. The first kappa shape index (κ1) is 17.7. The second-order valence-electron chi connectivity index (χ2n) is 5.46. The zero-order valence-electron chi connectivity index (χ0n) is 13.0. The standard InChI is InChI=1S/C14H22N2O3S2/c1-8(2)6-7-16-14-13(21(5,18)19)10(15)12(20-14)11(17)9(3)4/h6,9,16H,7,15H2,1-5H3. The molecule has 1 aromatic heterocycles. The fourth-order valence-electron chi connectivity index (χ4n) is 1.71. The third-order valence-electron chi connectivity index (χ3n) is 2.79. The molecule has 0 saturated carbocycles. The summed E-state index contributed by atoms with van der Waals surface area (Å²) in [4.78, 5) is 12.5. The number of hydrogen-bond donors (Lipinski definition) is 2. The molecule has 0 unspecified atom stereocenters. The predicted molar refractivity (Wildman–Crippen MR) is 88.9 cm³/mol. The van der Waals surface area contributed by atoms with Crippen LogP contribution in [0.25, 0.3) is 0 Å². The van der Waals surface area contributed by atoms with Gasteiger partial charge < -0.3 is 11.1 Å². The van der Waals surface area contributed by atoms with Gasteiger partial charge in [-0.05, 0) is 13.8 Å². The number of nitrogens with one attached hydrogen (secondary N) is 1. The summed E-state index contributed by atoms with van der Waals surface area (Å²) >= 11 is 1.11. The molecule has 118 valence electrons. The van der Waals surface area contributed by atoms with Crippen molar-refractivity contribution in [3.63, 3.8) is 0 Å². The number of allylic oxidation sites excluding steroid dienone is 1. The summed E-state index contributed by atoms with van der Waals surface area (Å²) in [6.45, 7) is 7.92. The van der Waals surface area contributed by atoms with Crippen LogP contribution in [-0.4, -0.2) is 27.0 Å². The number of hydrogen-bond acceptors (Lipinski definition) is 6. The van der Waals surface area contributed by atoms with Crippen LogP contribution in [0.3, 0.4) is 0 Å². The van der Waals surface area contributed by atoms with Gasteiger partial charge in [-0.15, -0.1) is 11.3 Å². The van der Waals surface area contributed by atoms with E-state index in [1.165, 1.54) is 0 Å². The fraction of sp³-hybridized carbons (Fsp3) is 0.500. The molecule has 21 heavy (non-hydrogen) atoms. The Morgan fingerprint density at radius 3 is 2.38 bits per heavy atom. The number of carbonyl (C=O) groups excluding carboxylic acids is 1. The van der Waals surface area contributed by atoms with Gasteiger partial charge in [0.25, 0.3) is 0 Å². The molecular formula is C14H22N2O3S2. The maximum absolute atomic E-state index is 12.1. The lowest BCUT2D eigenvalue weighted by Gasteiger charge is -2.04. The van der Waals surface area contributed by atoms with Crippen molar-refractivity contribution in [1.29, 1.82) is 0 Å². The van der Waals surface area contributed by atoms with E-state index in [1.54, 1.807) is 13.8 Å². The zero-order chi connectivity index (χ0) is 16.4. The minimum atomic E-state index is -3.50. The monoisotopic (exact) mass is 330 g/mol. The van der Waals surface area contributed by atoms with Crippen LogP contribution in [-0.2, 0) is 9.84 Å². The van der Waals surface area contributed by atoms with Crippen LogP contribution < -0.4 is 11.1 Å². The van der Waals surface area contributed by atoms with Crippen LogP contribution >= 0.6 is 11.3 Å². The third-order valence-corrected chi connectivity index (χ3v) is 5.26. The predicted octanol–water partition coefficient (Wildman–Crippen LogP) is 2.95. The van der Waals surface area contributed by atoms with Crippen molar-refractivity contribution in [2.75, 3.05) is 23.9 Å². The highest BCUT2D eigenvalue weighted by Crippen LogP contribution is 2.40. The lowest BCUT2D eigenvalue weighted by Crippen LogP contribution is -2.09. The van der Waals surface area contributed by atoms with Crippen molar-refractivity contribution >= 4 is 37.6 Å². The van der Waals surface area contributed by atoms with Crippen LogP contribution in [0.15, 0.2) is 16.5 Å². The van der Waals surface area contributed by atoms with E-state index in [9.17, 15) is 13.2 Å². The number of rotatable bonds is 6. The zero-order valence-corrected chi connectivity index (χ0v) is 14.6. The fourth-order valence-corrected chi connectivity index (χ4v) is 4.37. The SMILES string of the molecule is CC(C)=CCNc1sc(C(=O)C(C)C)c(N)c1S(C)(=O)=O. The number of carbonyl (C=O) groups is 1. The third kappa shape index (κ3) is 4.31. The Hall–Kier alpha value is -1.34. The van der Waals surface area contributed by atoms with E-state index in [4.69, 9.17) is 5.73 Å². The minimum Gasteiger partial charge on any atom is -0.396 e. The molecule has 0 aromatic carbocycles. The van der Waals surface area contributed by atoms with Crippen LogP contribution in [0.1, 0.15) is 37.4 Å². The van der Waals surface area contributed by atoms with Gasteiger partial charge in [0.05, 0.1) is 10.6 Å². The summed E-state index contributed by atoms with van der Waals surface area (Å²) in [5.41, 5.74) is 7.09. The summed E-state index contributed by atoms with van der Waals surface area (Å²) in [5, 5.41) is 3.46. The Kier molecular flexibility index (Phi) is 5.58. The number of anilines is 2. The molecule has 1 rings (SSSR count). The van der Waals surface area contributed by atoms with E-state index in [1.807, 2.05) is 19.9 Å². The maximum atomic E-state index is 12.1. The van der Waals surface area contributed by atoms with E-state index >= 15 is 0 Å². The second kappa shape index (κ2) is 6.62. The first-order chi connectivity index (χ1) is 9.55. The molecule has 0 fully saturated rings. The number of nitrogen functional groups attached to an aromatic ring is 1. The normalized spacial score (nSPS) is 11.5. The molecule has 5 nitrogen and oxygen atoms in total. The Labute approximate surface area is 130 Å². The van der Waals surface area contributed by atoms with Crippen molar-refractivity contribution in [1.82, 2.24) is 0 Å². The average Bonchev–Trinajstić information content (AvgIpc) is 2.64. The molecule has 1 aromatic rings. The smallest absolute Gasteiger partial charge is 0.180 e. The molecule has 7 heteroatoms. The highest BCUT2D eigenvalue weighted by Gasteiger charge is 2.27. The average molecular weight is 330 g/mol. The van der Waals surface area contributed by atoms with Crippen molar-refractivity contribution in [2.24, 2.45) is 5.92 Å². The lowest BCUT2D eigenvalue weighted by molar-refractivity contribution is 0.0944. The number of sulfone groups is 1. The van der Waals surface area contributed by atoms with Crippen LogP contribution in [0.4, 0.5) is 10.7 Å². The Morgan fingerprint density at radius 1 is 1.38 bits per heavy atom. The van der Waals surface area contributed by atoms with E-state index in [0.29, 0.717) is 16.4 Å². The van der Waals surface area contributed by atoms with Gasteiger partial charge in [-0.25, -0.2) is 8.42 Å². The van der Waals surface area contributed by atoms with E-state index in [-0.39, 0.29) is 22.3 Å². The molecular weight excluding hydrogens is 308 g/mol. The molecule has 0 radical (unpaired) electrons. The Bertz CT molecular complexity index is 667. The Morgan fingerprint density at radius 2 is 1.95 bits per heavy atom. The van der Waals surface area contributed by atoms with Gasteiger partial charge in [-0.3, -0.25) is 4.79 Å². The molecule has 0 bridgehead atoms. The molecule has 0 aliphatic rings. The number of nitrogens with two attached hydrogens (primary N) is 1. The molecule has 0 atom stereocenters. The van der Waals surface area contributed by atoms with Crippen molar-refractivity contribution in [3.05, 3.63) is 16.5 Å². The first-order valence-corrected chi connectivity index (χ1v) is 9.30. The van der Waals surface area contributed by atoms with Gasteiger partial charge in [-0.2, -0.15) is 0 Å². The minimum absolute atomic E-state index is 0.0265. The number of Topliss-reactive ketones (excluding diaryl/α,β-unsaturated/α-hetero) is 1.